The number of aryl methyl sites for hydroxylation is 2. The fourth-order valence-electron chi connectivity index (χ4n) is 3.24. The summed E-state index contributed by atoms with van der Waals surface area (Å²) in [6.45, 7) is 6.39. The van der Waals surface area contributed by atoms with E-state index in [2.05, 4.69) is 4.90 Å². The van der Waals surface area contributed by atoms with Crippen molar-refractivity contribution in [3.05, 3.63) is 68.2 Å². The third-order valence-electron chi connectivity index (χ3n) is 4.66. The number of carbonyl (C=O) groups excluding carboxylic acids is 1. The molecule has 26 heavy (non-hydrogen) atoms. The summed E-state index contributed by atoms with van der Waals surface area (Å²) in [4.78, 5) is 27.0. The zero-order valence-electron chi connectivity index (χ0n) is 14.7. The first-order chi connectivity index (χ1) is 12.4. The lowest BCUT2D eigenvalue weighted by Crippen LogP contribution is -2.49. The van der Waals surface area contributed by atoms with Crippen LogP contribution in [0.2, 0.25) is 5.02 Å². The van der Waals surface area contributed by atoms with Crippen molar-refractivity contribution in [2.45, 2.75) is 13.8 Å². The molecule has 1 aliphatic rings. The minimum absolute atomic E-state index is 0.0255. The molecule has 2 aromatic carbocycles. The number of nitro groups is 1. The minimum atomic E-state index is -0.462. The molecule has 1 amide bonds. The van der Waals surface area contributed by atoms with Crippen LogP contribution in [0.15, 0.2) is 36.4 Å². The summed E-state index contributed by atoms with van der Waals surface area (Å²) in [6, 6.07) is 10.3. The number of hydrogen-bond acceptors (Lipinski definition) is 4. The van der Waals surface area contributed by atoms with Crippen molar-refractivity contribution in [1.29, 1.82) is 0 Å². The summed E-state index contributed by atoms with van der Waals surface area (Å²) in [5, 5.41) is 11.2. The molecular weight excluding hydrogens is 354 g/mol. The summed E-state index contributed by atoms with van der Waals surface area (Å²) in [6.07, 6.45) is 0. The summed E-state index contributed by atoms with van der Waals surface area (Å²) in [5.74, 6) is 0.0388. The van der Waals surface area contributed by atoms with Crippen molar-refractivity contribution >= 4 is 28.9 Å². The van der Waals surface area contributed by atoms with Crippen LogP contribution in [0.3, 0.4) is 0 Å². The Morgan fingerprint density at radius 2 is 1.77 bits per heavy atom. The van der Waals surface area contributed by atoms with E-state index < -0.39 is 4.92 Å². The Kier molecular flexibility index (Phi) is 5.13. The first-order valence-corrected chi connectivity index (χ1v) is 8.80. The van der Waals surface area contributed by atoms with E-state index in [-0.39, 0.29) is 11.6 Å². The van der Waals surface area contributed by atoms with E-state index in [1.165, 1.54) is 12.1 Å². The molecule has 1 aliphatic heterocycles. The van der Waals surface area contributed by atoms with Crippen LogP contribution in [0.25, 0.3) is 0 Å². The first kappa shape index (κ1) is 18.2. The zero-order valence-corrected chi connectivity index (χ0v) is 15.5. The van der Waals surface area contributed by atoms with Crippen molar-refractivity contribution < 1.29 is 9.72 Å². The van der Waals surface area contributed by atoms with Gasteiger partial charge >= 0.3 is 0 Å². The molecule has 1 fully saturated rings. The first-order valence-electron chi connectivity index (χ1n) is 8.42. The number of halogens is 1. The summed E-state index contributed by atoms with van der Waals surface area (Å²) in [5.41, 5.74) is 3.59. The second kappa shape index (κ2) is 7.33. The number of hydrogen-bond donors (Lipinski definition) is 0. The quantitative estimate of drug-likeness (QED) is 0.605. The molecule has 0 N–H and O–H groups in total. The Labute approximate surface area is 157 Å². The Morgan fingerprint density at radius 3 is 2.35 bits per heavy atom. The van der Waals surface area contributed by atoms with Gasteiger partial charge < -0.3 is 9.80 Å². The van der Waals surface area contributed by atoms with Crippen LogP contribution in [0.1, 0.15) is 21.5 Å². The number of nitro benzene ring substituents is 1. The van der Waals surface area contributed by atoms with E-state index in [0.29, 0.717) is 31.2 Å². The molecule has 3 rings (SSSR count). The van der Waals surface area contributed by atoms with Gasteiger partial charge in [-0.05, 0) is 31.5 Å². The number of amides is 1. The van der Waals surface area contributed by atoms with E-state index in [4.69, 9.17) is 11.6 Å². The monoisotopic (exact) mass is 373 g/mol. The lowest BCUT2D eigenvalue weighted by molar-refractivity contribution is -0.384. The summed E-state index contributed by atoms with van der Waals surface area (Å²) >= 11 is 6.21. The van der Waals surface area contributed by atoms with Gasteiger partial charge in [0.25, 0.3) is 11.6 Å². The molecular formula is C19H20ClN3O3. The van der Waals surface area contributed by atoms with Crippen molar-refractivity contribution in [3.63, 3.8) is 0 Å². The average Bonchev–Trinajstić information content (AvgIpc) is 2.61. The predicted molar refractivity (Wildman–Crippen MR) is 102 cm³/mol. The molecule has 1 heterocycles. The normalized spacial score (nSPS) is 14.4. The number of anilines is 1. The summed E-state index contributed by atoms with van der Waals surface area (Å²) < 4.78 is 0. The maximum Gasteiger partial charge on any atom is 0.271 e. The lowest BCUT2D eigenvalue weighted by Gasteiger charge is -2.36. The van der Waals surface area contributed by atoms with Gasteiger partial charge in [-0.15, -0.1) is 0 Å². The van der Waals surface area contributed by atoms with Crippen LogP contribution in [-0.2, 0) is 0 Å². The fourth-order valence-corrected chi connectivity index (χ4v) is 3.53. The van der Waals surface area contributed by atoms with Crippen molar-refractivity contribution in [2.75, 3.05) is 31.1 Å². The Balaban J connectivity index is 1.69. The topological polar surface area (TPSA) is 66.7 Å². The number of non-ortho nitro benzene ring substituents is 1. The van der Waals surface area contributed by atoms with Crippen LogP contribution in [0.4, 0.5) is 11.4 Å². The number of nitrogens with zero attached hydrogens (tertiary/aromatic N) is 3. The number of carbonyl (C=O) groups is 1. The molecule has 1 saturated heterocycles. The largest absolute Gasteiger partial charge is 0.367 e. The van der Waals surface area contributed by atoms with Crippen LogP contribution < -0.4 is 4.90 Å². The molecule has 6 nitrogen and oxygen atoms in total. The van der Waals surface area contributed by atoms with Crippen molar-refractivity contribution in [1.82, 2.24) is 4.90 Å². The Bertz CT molecular complexity index is 861. The second-order valence-electron chi connectivity index (χ2n) is 6.49. The van der Waals surface area contributed by atoms with E-state index in [1.54, 1.807) is 6.07 Å². The number of rotatable bonds is 3. The van der Waals surface area contributed by atoms with E-state index in [1.807, 2.05) is 36.9 Å². The molecule has 0 aliphatic carbocycles. The molecule has 7 heteroatoms. The van der Waals surface area contributed by atoms with Gasteiger partial charge in [-0.2, -0.15) is 0 Å². The smallest absolute Gasteiger partial charge is 0.271 e. The van der Waals surface area contributed by atoms with Gasteiger partial charge in [-0.25, -0.2) is 0 Å². The fraction of sp³-hybridized carbons (Fsp3) is 0.316. The minimum Gasteiger partial charge on any atom is -0.367 e. The molecule has 0 bridgehead atoms. The van der Waals surface area contributed by atoms with E-state index in [0.717, 1.165) is 22.4 Å². The highest BCUT2D eigenvalue weighted by atomic mass is 35.5. The molecule has 0 unspecified atom stereocenters. The van der Waals surface area contributed by atoms with E-state index in [9.17, 15) is 14.9 Å². The highest BCUT2D eigenvalue weighted by molar-refractivity contribution is 6.33. The molecule has 2 aromatic rings. The standard InChI is InChI=1S/C19H20ClN3O3/c1-13-3-5-16(14(2)11-13)19(24)22-9-7-21(8-10-22)18-6-4-15(23(25)26)12-17(18)20/h3-6,11-12H,7-10H2,1-2H3. The Hall–Kier alpha value is -2.60. The third kappa shape index (κ3) is 3.65. The maximum absolute atomic E-state index is 12.8. The van der Waals surface area contributed by atoms with Crippen molar-refractivity contribution in [2.24, 2.45) is 0 Å². The second-order valence-corrected chi connectivity index (χ2v) is 6.90. The van der Waals surface area contributed by atoms with Gasteiger partial charge in [0.2, 0.25) is 0 Å². The van der Waals surface area contributed by atoms with Crippen LogP contribution >= 0.6 is 11.6 Å². The van der Waals surface area contributed by atoms with Gasteiger partial charge in [0.15, 0.2) is 0 Å². The summed E-state index contributed by atoms with van der Waals surface area (Å²) in [7, 11) is 0. The third-order valence-corrected chi connectivity index (χ3v) is 4.96. The molecule has 0 saturated carbocycles. The molecule has 0 atom stereocenters. The van der Waals surface area contributed by atoms with Gasteiger partial charge in [0, 0.05) is 43.9 Å². The maximum atomic E-state index is 12.8. The van der Waals surface area contributed by atoms with Gasteiger partial charge in [0.1, 0.15) is 0 Å². The van der Waals surface area contributed by atoms with Gasteiger partial charge in [-0.3, -0.25) is 14.9 Å². The van der Waals surface area contributed by atoms with Crippen LogP contribution in [0.5, 0.6) is 0 Å². The number of piperazine rings is 1. The lowest BCUT2D eigenvalue weighted by atomic mass is 10.0. The molecule has 136 valence electrons. The van der Waals surface area contributed by atoms with Crippen LogP contribution in [-0.4, -0.2) is 41.9 Å². The average molecular weight is 374 g/mol. The SMILES string of the molecule is Cc1ccc(C(=O)N2CCN(c3ccc([N+](=O)[O-])cc3Cl)CC2)c(C)c1. The zero-order chi connectivity index (χ0) is 18.8. The van der Waals surface area contributed by atoms with Crippen molar-refractivity contribution in [3.8, 4) is 0 Å². The van der Waals surface area contributed by atoms with Gasteiger partial charge in [-0.1, -0.05) is 29.3 Å². The predicted octanol–water partition coefficient (Wildman–Crippen LogP) is 3.83. The highest BCUT2D eigenvalue weighted by Gasteiger charge is 2.24. The number of benzene rings is 2. The van der Waals surface area contributed by atoms with Gasteiger partial charge in [0.05, 0.1) is 15.6 Å². The molecule has 0 radical (unpaired) electrons. The Morgan fingerprint density at radius 1 is 1.08 bits per heavy atom. The van der Waals surface area contributed by atoms with Crippen LogP contribution in [0, 0.1) is 24.0 Å². The molecule has 0 spiro atoms. The molecule has 0 aromatic heterocycles. The van der Waals surface area contributed by atoms with E-state index >= 15 is 0 Å². The highest BCUT2D eigenvalue weighted by Crippen LogP contribution is 2.30.